The van der Waals surface area contributed by atoms with Crippen molar-refractivity contribution in [3.63, 3.8) is 0 Å². The molecule has 1 amide bonds. The molecule has 1 saturated heterocycles. The first-order valence-corrected chi connectivity index (χ1v) is 11.0. The van der Waals surface area contributed by atoms with Crippen LogP contribution in [0.4, 0.5) is 10.1 Å². The molecule has 2 aromatic heterocycles. The quantitative estimate of drug-likeness (QED) is 0.638. The minimum Gasteiger partial charge on any atom is -0.324 e. The Bertz CT molecular complexity index is 1180. The maximum absolute atomic E-state index is 13.4. The average Bonchev–Trinajstić information content (AvgIpc) is 3.30. The molecule has 9 heteroatoms. The molecule has 0 bridgehead atoms. The Kier molecular flexibility index (Phi) is 5.90. The molecular weight excluding hydrogens is 427 g/mol. The molecule has 1 aliphatic rings. The van der Waals surface area contributed by atoms with Crippen LogP contribution >= 0.6 is 22.9 Å². The van der Waals surface area contributed by atoms with Crippen LogP contribution in [0.1, 0.15) is 29.1 Å². The van der Waals surface area contributed by atoms with Gasteiger partial charge in [-0.1, -0.05) is 11.6 Å². The number of nitrogens with zero attached hydrogens (tertiary/aromatic N) is 3. The molecule has 1 aromatic carbocycles. The van der Waals surface area contributed by atoms with Crippen LogP contribution in [-0.4, -0.2) is 33.4 Å². The lowest BCUT2D eigenvalue weighted by molar-refractivity contribution is -0.116. The summed E-state index contributed by atoms with van der Waals surface area (Å²) in [6.07, 6.45) is 2.24. The molecule has 0 saturated carbocycles. The zero-order valence-electron chi connectivity index (χ0n) is 16.8. The number of fused-ring (bicyclic) bond motifs is 1. The molecule has 0 unspecified atom stereocenters. The van der Waals surface area contributed by atoms with Gasteiger partial charge in [-0.25, -0.2) is 9.37 Å². The van der Waals surface area contributed by atoms with Crippen LogP contribution in [0, 0.1) is 19.7 Å². The van der Waals surface area contributed by atoms with Gasteiger partial charge in [-0.3, -0.25) is 19.1 Å². The molecule has 4 rings (SSSR count). The highest BCUT2D eigenvalue weighted by Crippen LogP contribution is 2.27. The largest absolute Gasteiger partial charge is 0.324 e. The van der Waals surface area contributed by atoms with Gasteiger partial charge in [0.05, 0.1) is 17.0 Å². The molecule has 158 valence electrons. The van der Waals surface area contributed by atoms with Gasteiger partial charge in [0.2, 0.25) is 5.91 Å². The zero-order valence-corrected chi connectivity index (χ0v) is 18.4. The number of nitrogens with one attached hydrogen (secondary N) is 1. The van der Waals surface area contributed by atoms with Crippen molar-refractivity contribution in [1.29, 1.82) is 0 Å². The predicted octanol–water partition coefficient (Wildman–Crippen LogP) is 4.10. The summed E-state index contributed by atoms with van der Waals surface area (Å²) in [6.45, 7) is 6.14. The molecule has 1 fully saturated rings. The SMILES string of the molecule is Cc1sc2nc(CN3CCCC3)n(CC(=O)Nc3ccc(F)c(Cl)c3)c(=O)c2c1C. The van der Waals surface area contributed by atoms with E-state index < -0.39 is 11.7 Å². The van der Waals surface area contributed by atoms with Gasteiger partial charge in [0.25, 0.3) is 5.56 Å². The molecule has 0 aliphatic carbocycles. The lowest BCUT2D eigenvalue weighted by atomic mass is 10.2. The van der Waals surface area contributed by atoms with Crippen LogP contribution in [0.15, 0.2) is 23.0 Å². The van der Waals surface area contributed by atoms with Gasteiger partial charge in [-0.2, -0.15) is 0 Å². The molecule has 0 radical (unpaired) electrons. The Hall–Kier alpha value is -2.29. The fraction of sp³-hybridized carbons (Fsp3) is 0.381. The summed E-state index contributed by atoms with van der Waals surface area (Å²) >= 11 is 7.30. The van der Waals surface area contributed by atoms with Crippen molar-refractivity contribution < 1.29 is 9.18 Å². The van der Waals surface area contributed by atoms with Gasteiger partial charge in [0.1, 0.15) is 23.0 Å². The third-order valence-electron chi connectivity index (χ3n) is 5.44. The van der Waals surface area contributed by atoms with Crippen molar-refractivity contribution in [2.45, 2.75) is 39.8 Å². The van der Waals surface area contributed by atoms with E-state index in [0.717, 1.165) is 36.4 Å². The monoisotopic (exact) mass is 448 g/mol. The lowest BCUT2D eigenvalue weighted by Gasteiger charge is -2.18. The molecule has 1 N–H and O–H groups in total. The fourth-order valence-electron chi connectivity index (χ4n) is 3.71. The van der Waals surface area contributed by atoms with Crippen LogP contribution in [0.5, 0.6) is 0 Å². The molecule has 6 nitrogen and oxygen atoms in total. The van der Waals surface area contributed by atoms with Gasteiger partial charge >= 0.3 is 0 Å². The number of halogens is 2. The van der Waals surface area contributed by atoms with E-state index >= 15 is 0 Å². The number of hydrogen-bond donors (Lipinski definition) is 1. The first-order valence-electron chi connectivity index (χ1n) is 9.80. The normalized spacial score (nSPS) is 14.5. The lowest BCUT2D eigenvalue weighted by Crippen LogP contribution is -2.33. The highest BCUT2D eigenvalue weighted by atomic mass is 35.5. The molecule has 3 heterocycles. The minimum absolute atomic E-state index is 0.0767. The van der Waals surface area contributed by atoms with E-state index in [2.05, 4.69) is 10.2 Å². The van der Waals surface area contributed by atoms with Crippen LogP contribution in [-0.2, 0) is 17.9 Å². The number of likely N-dealkylation sites (tertiary alicyclic amines) is 1. The number of anilines is 1. The minimum atomic E-state index is -0.559. The maximum atomic E-state index is 13.4. The zero-order chi connectivity index (χ0) is 21.4. The van der Waals surface area contributed by atoms with Gasteiger partial charge < -0.3 is 5.32 Å². The highest BCUT2D eigenvalue weighted by Gasteiger charge is 2.21. The number of carbonyl (C=O) groups excluding carboxylic acids is 1. The van der Waals surface area contributed by atoms with Crippen LogP contribution < -0.4 is 10.9 Å². The topological polar surface area (TPSA) is 67.2 Å². The number of carbonyl (C=O) groups is 1. The smallest absolute Gasteiger partial charge is 0.263 e. The Morgan fingerprint density at radius 1 is 1.30 bits per heavy atom. The van der Waals surface area contributed by atoms with Crippen LogP contribution in [0.3, 0.4) is 0 Å². The molecule has 0 spiro atoms. The maximum Gasteiger partial charge on any atom is 0.263 e. The van der Waals surface area contributed by atoms with Gasteiger partial charge in [-0.05, 0) is 63.5 Å². The summed E-state index contributed by atoms with van der Waals surface area (Å²) in [6, 6.07) is 3.96. The number of benzene rings is 1. The Morgan fingerprint density at radius 3 is 2.73 bits per heavy atom. The van der Waals surface area contributed by atoms with E-state index in [1.54, 1.807) is 0 Å². The first-order chi connectivity index (χ1) is 14.3. The number of rotatable bonds is 5. The summed E-state index contributed by atoms with van der Waals surface area (Å²) < 4.78 is 14.8. The Balaban J connectivity index is 1.68. The summed E-state index contributed by atoms with van der Waals surface area (Å²) in [5.41, 5.74) is 1.07. The molecule has 3 aromatic rings. The standard InChI is InChI=1S/C21H22ClFN4O2S/c1-12-13(2)30-20-19(12)21(29)27(17(25-20)10-26-7-3-4-8-26)11-18(28)24-14-5-6-16(23)15(22)9-14/h5-6,9H,3-4,7-8,10-11H2,1-2H3,(H,24,28). The summed E-state index contributed by atoms with van der Waals surface area (Å²) in [4.78, 5) is 34.8. The molecular formula is C21H22ClFN4O2S. The second-order valence-corrected chi connectivity index (χ2v) is 9.15. The van der Waals surface area contributed by atoms with Crippen molar-refractivity contribution >= 4 is 44.7 Å². The number of aromatic nitrogens is 2. The average molecular weight is 449 g/mol. The second-order valence-electron chi connectivity index (χ2n) is 7.54. The molecule has 0 atom stereocenters. The van der Waals surface area contributed by atoms with Crippen molar-refractivity contribution in [2.24, 2.45) is 0 Å². The van der Waals surface area contributed by atoms with E-state index in [0.29, 0.717) is 28.3 Å². The summed E-state index contributed by atoms with van der Waals surface area (Å²) in [7, 11) is 0. The number of hydrogen-bond acceptors (Lipinski definition) is 5. The van der Waals surface area contributed by atoms with Gasteiger partial charge in [0.15, 0.2) is 0 Å². The summed E-state index contributed by atoms with van der Waals surface area (Å²) in [5, 5.41) is 3.18. The van der Waals surface area contributed by atoms with Gasteiger partial charge in [-0.15, -0.1) is 11.3 Å². The van der Waals surface area contributed by atoms with Gasteiger partial charge in [0, 0.05) is 10.6 Å². The van der Waals surface area contributed by atoms with E-state index in [4.69, 9.17) is 16.6 Å². The van der Waals surface area contributed by atoms with E-state index in [1.165, 1.54) is 34.1 Å². The fourth-order valence-corrected chi connectivity index (χ4v) is 4.93. The predicted molar refractivity (Wildman–Crippen MR) is 118 cm³/mol. The van der Waals surface area contributed by atoms with Crippen molar-refractivity contribution in [3.05, 3.63) is 55.7 Å². The third-order valence-corrected chi connectivity index (χ3v) is 6.83. The Labute approximate surface area is 182 Å². The van der Waals surface area contributed by atoms with E-state index in [1.807, 2.05) is 13.8 Å². The highest BCUT2D eigenvalue weighted by molar-refractivity contribution is 7.18. The third kappa shape index (κ3) is 4.12. The first kappa shape index (κ1) is 21.0. The number of thiophene rings is 1. The Morgan fingerprint density at radius 2 is 2.03 bits per heavy atom. The van der Waals surface area contributed by atoms with E-state index in [-0.39, 0.29) is 17.1 Å². The summed E-state index contributed by atoms with van der Waals surface area (Å²) in [5.74, 6) is -0.368. The van der Waals surface area contributed by atoms with Crippen molar-refractivity contribution in [1.82, 2.24) is 14.5 Å². The van der Waals surface area contributed by atoms with E-state index in [9.17, 15) is 14.0 Å². The molecule has 1 aliphatic heterocycles. The van der Waals surface area contributed by atoms with Crippen molar-refractivity contribution in [3.8, 4) is 0 Å². The van der Waals surface area contributed by atoms with Crippen molar-refractivity contribution in [2.75, 3.05) is 18.4 Å². The number of amides is 1. The molecule has 30 heavy (non-hydrogen) atoms. The number of aryl methyl sites for hydroxylation is 2. The van der Waals surface area contributed by atoms with Crippen LogP contribution in [0.25, 0.3) is 10.2 Å². The van der Waals surface area contributed by atoms with Crippen LogP contribution in [0.2, 0.25) is 5.02 Å². The second kappa shape index (κ2) is 8.45.